The van der Waals surface area contributed by atoms with Gasteiger partial charge in [0.2, 0.25) is 0 Å². The number of nitrogens with zero attached hydrogens (tertiary/aromatic N) is 1. The topological polar surface area (TPSA) is 69.3 Å². The van der Waals surface area contributed by atoms with Crippen LogP contribution in [0.15, 0.2) is 65.1 Å². The van der Waals surface area contributed by atoms with E-state index in [2.05, 4.69) is 45.5 Å². The Morgan fingerprint density at radius 3 is 2.05 bits per heavy atom. The van der Waals surface area contributed by atoms with Crippen LogP contribution in [0.2, 0.25) is 0 Å². The minimum atomic E-state index is -0.346. The van der Waals surface area contributed by atoms with Gasteiger partial charge in [-0.3, -0.25) is 4.79 Å². The lowest BCUT2D eigenvalue weighted by atomic mass is 9.95. The monoisotopic (exact) mass is 564 g/mol. The molecule has 37 heavy (non-hydrogen) atoms. The zero-order chi connectivity index (χ0) is 26.7. The van der Waals surface area contributed by atoms with Gasteiger partial charge in [0, 0.05) is 40.9 Å². The standard InChI is InChI=1S/C29H29BrN2O5/c1-32(2)18-12-10-17(11-13-18)25-19-8-7-9-22(20(19)16-24(35-4)28(25)37-6)31-29(33)26-21(30)14-15-23(34-3)27(26)36-5/h7-16H,1-6H3,(H,31,33). The third-order valence-electron chi connectivity index (χ3n) is 6.17. The number of anilines is 2. The van der Waals surface area contributed by atoms with Gasteiger partial charge in [0.15, 0.2) is 23.0 Å². The zero-order valence-corrected chi connectivity index (χ0v) is 23.2. The van der Waals surface area contributed by atoms with E-state index in [1.165, 1.54) is 14.2 Å². The summed E-state index contributed by atoms with van der Waals surface area (Å²) in [6.07, 6.45) is 0. The van der Waals surface area contributed by atoms with E-state index in [0.29, 0.717) is 38.7 Å². The van der Waals surface area contributed by atoms with E-state index >= 15 is 0 Å². The van der Waals surface area contributed by atoms with E-state index < -0.39 is 0 Å². The minimum absolute atomic E-state index is 0.332. The van der Waals surface area contributed by atoms with E-state index in [0.717, 1.165) is 27.6 Å². The van der Waals surface area contributed by atoms with Gasteiger partial charge in [0.25, 0.3) is 5.91 Å². The largest absolute Gasteiger partial charge is 0.493 e. The Bertz CT molecular complexity index is 1450. The highest BCUT2D eigenvalue weighted by Gasteiger charge is 2.23. The molecule has 0 aliphatic rings. The van der Waals surface area contributed by atoms with Gasteiger partial charge >= 0.3 is 0 Å². The first-order chi connectivity index (χ1) is 17.8. The highest BCUT2D eigenvalue weighted by Crippen LogP contribution is 2.46. The number of carbonyl (C=O) groups excluding carboxylic acids is 1. The SMILES string of the molecule is COc1ccc(Br)c(C(=O)Nc2cccc3c(-c4ccc(N(C)C)cc4)c(OC)c(OC)cc23)c1OC. The minimum Gasteiger partial charge on any atom is -0.493 e. The summed E-state index contributed by atoms with van der Waals surface area (Å²) < 4.78 is 23.0. The van der Waals surface area contributed by atoms with Crippen LogP contribution in [0.3, 0.4) is 0 Å². The van der Waals surface area contributed by atoms with Gasteiger partial charge in [-0.05, 0) is 63.3 Å². The van der Waals surface area contributed by atoms with Crippen LogP contribution >= 0.6 is 15.9 Å². The van der Waals surface area contributed by atoms with Crippen molar-refractivity contribution in [3.63, 3.8) is 0 Å². The molecule has 0 aromatic heterocycles. The first-order valence-electron chi connectivity index (χ1n) is 11.5. The van der Waals surface area contributed by atoms with Crippen LogP contribution in [0.4, 0.5) is 11.4 Å². The Labute approximate surface area is 225 Å². The predicted octanol–water partition coefficient (Wildman–Crippen LogP) is 6.62. The number of halogens is 1. The van der Waals surface area contributed by atoms with Crippen molar-refractivity contribution in [1.82, 2.24) is 0 Å². The van der Waals surface area contributed by atoms with E-state index in [4.69, 9.17) is 18.9 Å². The van der Waals surface area contributed by atoms with Gasteiger partial charge < -0.3 is 29.2 Å². The Balaban J connectivity index is 1.89. The molecule has 0 saturated heterocycles. The summed E-state index contributed by atoms with van der Waals surface area (Å²) in [6.45, 7) is 0. The fourth-order valence-corrected chi connectivity index (χ4v) is 4.85. The highest BCUT2D eigenvalue weighted by molar-refractivity contribution is 9.10. The number of hydrogen-bond acceptors (Lipinski definition) is 6. The van der Waals surface area contributed by atoms with Crippen LogP contribution in [0.25, 0.3) is 21.9 Å². The molecule has 0 heterocycles. The van der Waals surface area contributed by atoms with Crippen molar-refractivity contribution in [2.45, 2.75) is 0 Å². The van der Waals surface area contributed by atoms with Crippen LogP contribution in [-0.4, -0.2) is 48.4 Å². The number of fused-ring (bicyclic) bond motifs is 1. The molecule has 1 amide bonds. The van der Waals surface area contributed by atoms with Crippen LogP contribution in [-0.2, 0) is 0 Å². The molecule has 0 aliphatic carbocycles. The second kappa shape index (κ2) is 11.0. The Morgan fingerprint density at radius 1 is 0.784 bits per heavy atom. The van der Waals surface area contributed by atoms with Crippen molar-refractivity contribution in [1.29, 1.82) is 0 Å². The number of ether oxygens (including phenoxy) is 4. The molecule has 4 aromatic rings. The maximum atomic E-state index is 13.5. The molecule has 0 fully saturated rings. The Kier molecular flexibility index (Phi) is 7.78. The van der Waals surface area contributed by atoms with Crippen molar-refractivity contribution in [3.8, 4) is 34.1 Å². The summed E-state index contributed by atoms with van der Waals surface area (Å²) in [7, 11) is 10.3. The maximum absolute atomic E-state index is 13.5. The van der Waals surface area contributed by atoms with Crippen molar-refractivity contribution < 1.29 is 23.7 Å². The fraction of sp³-hybridized carbons (Fsp3) is 0.207. The zero-order valence-electron chi connectivity index (χ0n) is 21.6. The van der Waals surface area contributed by atoms with E-state index in [-0.39, 0.29) is 5.91 Å². The Morgan fingerprint density at radius 2 is 1.46 bits per heavy atom. The lowest BCUT2D eigenvalue weighted by Gasteiger charge is -2.19. The molecule has 0 aliphatic heterocycles. The highest BCUT2D eigenvalue weighted by atomic mass is 79.9. The molecule has 0 unspecified atom stereocenters. The molecule has 192 valence electrons. The second-order valence-corrected chi connectivity index (χ2v) is 9.30. The summed E-state index contributed by atoms with van der Waals surface area (Å²) in [5.74, 6) is 1.64. The maximum Gasteiger partial charge on any atom is 0.260 e. The average Bonchev–Trinajstić information content (AvgIpc) is 2.91. The lowest BCUT2D eigenvalue weighted by Crippen LogP contribution is -2.15. The van der Waals surface area contributed by atoms with E-state index in [9.17, 15) is 4.79 Å². The number of nitrogens with one attached hydrogen (secondary N) is 1. The molecule has 0 radical (unpaired) electrons. The van der Waals surface area contributed by atoms with Crippen LogP contribution < -0.4 is 29.2 Å². The predicted molar refractivity (Wildman–Crippen MR) is 152 cm³/mol. The van der Waals surface area contributed by atoms with Gasteiger partial charge in [0.05, 0.1) is 34.0 Å². The third kappa shape index (κ3) is 4.89. The van der Waals surface area contributed by atoms with Crippen molar-refractivity contribution in [2.75, 3.05) is 52.8 Å². The summed E-state index contributed by atoms with van der Waals surface area (Å²) >= 11 is 3.48. The molecule has 0 saturated carbocycles. The van der Waals surface area contributed by atoms with Gasteiger partial charge in [0.1, 0.15) is 0 Å². The number of carbonyl (C=O) groups is 1. The summed E-state index contributed by atoms with van der Waals surface area (Å²) in [5.41, 5.74) is 3.87. The quantitative estimate of drug-likeness (QED) is 0.259. The molecule has 0 spiro atoms. The number of methoxy groups -OCH3 is 4. The summed E-state index contributed by atoms with van der Waals surface area (Å²) in [4.78, 5) is 15.6. The average molecular weight is 565 g/mol. The molecule has 7 nitrogen and oxygen atoms in total. The van der Waals surface area contributed by atoms with Crippen molar-refractivity contribution in [2.24, 2.45) is 0 Å². The van der Waals surface area contributed by atoms with Gasteiger partial charge in [-0.15, -0.1) is 0 Å². The van der Waals surface area contributed by atoms with Gasteiger partial charge in [-0.1, -0.05) is 24.3 Å². The lowest BCUT2D eigenvalue weighted by molar-refractivity contribution is 0.102. The summed E-state index contributed by atoms with van der Waals surface area (Å²) in [5, 5.41) is 4.76. The Hall–Kier alpha value is -3.91. The van der Waals surface area contributed by atoms with Crippen LogP contribution in [0.5, 0.6) is 23.0 Å². The third-order valence-corrected chi connectivity index (χ3v) is 6.83. The van der Waals surface area contributed by atoms with Gasteiger partial charge in [-0.25, -0.2) is 0 Å². The first-order valence-corrected chi connectivity index (χ1v) is 12.3. The molecule has 0 bridgehead atoms. The van der Waals surface area contributed by atoms with E-state index in [1.54, 1.807) is 26.4 Å². The molecule has 0 atom stereocenters. The van der Waals surface area contributed by atoms with Crippen LogP contribution in [0.1, 0.15) is 10.4 Å². The smallest absolute Gasteiger partial charge is 0.260 e. The number of amides is 1. The number of hydrogen-bond donors (Lipinski definition) is 1. The molecule has 4 aromatic carbocycles. The van der Waals surface area contributed by atoms with Crippen molar-refractivity contribution >= 4 is 44.0 Å². The molecular weight excluding hydrogens is 536 g/mol. The molecule has 1 N–H and O–H groups in total. The summed E-state index contributed by atoms with van der Waals surface area (Å²) in [6, 6.07) is 19.3. The number of rotatable bonds is 8. The molecular formula is C29H29BrN2O5. The van der Waals surface area contributed by atoms with Crippen LogP contribution in [0, 0.1) is 0 Å². The second-order valence-electron chi connectivity index (χ2n) is 8.44. The van der Waals surface area contributed by atoms with Crippen molar-refractivity contribution in [3.05, 3.63) is 70.7 Å². The number of benzene rings is 4. The van der Waals surface area contributed by atoms with E-state index in [1.807, 2.05) is 43.3 Å². The molecule has 4 rings (SSSR count). The normalized spacial score (nSPS) is 10.7. The fourth-order valence-electron chi connectivity index (χ4n) is 4.36. The first kappa shape index (κ1) is 26.2. The molecule has 8 heteroatoms. The van der Waals surface area contributed by atoms with Gasteiger partial charge in [-0.2, -0.15) is 0 Å².